The number of nitrogens with one attached hydrogen (secondary N) is 2. The highest BCUT2D eigenvalue weighted by molar-refractivity contribution is 7.14. The number of aromatic nitrogens is 1. The van der Waals surface area contributed by atoms with E-state index in [1.807, 2.05) is 29.6 Å². The van der Waals surface area contributed by atoms with Crippen molar-refractivity contribution in [3.63, 3.8) is 0 Å². The standard InChI is InChI=1S/C21H25N3O2S/c1-12(2)10-16-18(21(16,4)5)19(26)24-20-23-17(11-27-20)14-6-8-15(9-7-14)22-13(3)25/h6-11,16,18H,1-5H3,(H,22,25)(H,23,24,26)/t16-,18-/m1/s1. The van der Waals surface area contributed by atoms with Gasteiger partial charge in [-0.2, -0.15) is 0 Å². The third kappa shape index (κ3) is 4.27. The molecule has 0 saturated heterocycles. The van der Waals surface area contributed by atoms with Crippen molar-refractivity contribution in [2.75, 3.05) is 10.6 Å². The molecule has 27 heavy (non-hydrogen) atoms. The third-order valence-corrected chi connectivity index (χ3v) is 5.70. The lowest BCUT2D eigenvalue weighted by molar-refractivity contribution is -0.118. The van der Waals surface area contributed by atoms with Gasteiger partial charge in [-0.05, 0) is 37.3 Å². The monoisotopic (exact) mass is 383 g/mol. The van der Waals surface area contributed by atoms with Crippen molar-refractivity contribution < 1.29 is 9.59 Å². The molecule has 1 saturated carbocycles. The summed E-state index contributed by atoms with van der Waals surface area (Å²) in [7, 11) is 0. The molecule has 2 N–H and O–H groups in total. The number of benzene rings is 1. The van der Waals surface area contributed by atoms with Crippen LogP contribution in [0.5, 0.6) is 0 Å². The number of nitrogens with zero attached hydrogens (tertiary/aromatic N) is 1. The van der Waals surface area contributed by atoms with Crippen LogP contribution in [0, 0.1) is 17.3 Å². The lowest BCUT2D eigenvalue weighted by Gasteiger charge is -2.03. The largest absolute Gasteiger partial charge is 0.326 e. The molecule has 1 fully saturated rings. The SMILES string of the molecule is CC(=O)Nc1ccc(-c2csc(NC(=O)[C@H]3[C@@H](C=C(C)C)C3(C)C)n2)cc1. The normalized spacial score (nSPS) is 19.9. The third-order valence-electron chi connectivity index (χ3n) is 4.94. The summed E-state index contributed by atoms with van der Waals surface area (Å²) in [6.07, 6.45) is 2.19. The fraction of sp³-hybridized carbons (Fsp3) is 0.381. The zero-order valence-corrected chi connectivity index (χ0v) is 17.1. The van der Waals surface area contributed by atoms with Gasteiger partial charge in [0.15, 0.2) is 5.13 Å². The Morgan fingerprint density at radius 1 is 1.11 bits per heavy atom. The molecule has 0 spiro atoms. The van der Waals surface area contributed by atoms with Gasteiger partial charge in [0, 0.05) is 23.6 Å². The van der Waals surface area contributed by atoms with E-state index < -0.39 is 0 Å². The summed E-state index contributed by atoms with van der Waals surface area (Å²) in [4.78, 5) is 28.3. The minimum absolute atomic E-state index is 0.0129. The van der Waals surface area contributed by atoms with Crippen molar-refractivity contribution in [1.29, 1.82) is 0 Å². The summed E-state index contributed by atoms with van der Waals surface area (Å²) in [5, 5.41) is 8.25. The number of hydrogen-bond acceptors (Lipinski definition) is 4. The molecule has 0 radical (unpaired) electrons. The molecular weight excluding hydrogens is 358 g/mol. The van der Waals surface area contributed by atoms with Crippen molar-refractivity contribution in [3.8, 4) is 11.3 Å². The summed E-state index contributed by atoms with van der Waals surface area (Å²) < 4.78 is 0. The van der Waals surface area contributed by atoms with Crippen LogP contribution >= 0.6 is 11.3 Å². The maximum absolute atomic E-state index is 12.7. The molecule has 1 aliphatic carbocycles. The van der Waals surface area contributed by atoms with Crippen LogP contribution in [0.4, 0.5) is 10.8 Å². The number of allylic oxidation sites excluding steroid dienone is 2. The molecule has 2 amide bonds. The van der Waals surface area contributed by atoms with E-state index in [2.05, 4.69) is 49.4 Å². The van der Waals surface area contributed by atoms with Crippen LogP contribution in [-0.2, 0) is 9.59 Å². The fourth-order valence-corrected chi connectivity index (χ4v) is 4.15. The van der Waals surface area contributed by atoms with E-state index >= 15 is 0 Å². The number of anilines is 2. The van der Waals surface area contributed by atoms with Crippen LogP contribution < -0.4 is 10.6 Å². The first-order chi connectivity index (χ1) is 12.7. The number of carbonyl (C=O) groups excluding carboxylic acids is 2. The van der Waals surface area contributed by atoms with Crippen LogP contribution in [-0.4, -0.2) is 16.8 Å². The predicted molar refractivity (Wildman–Crippen MR) is 111 cm³/mol. The van der Waals surface area contributed by atoms with E-state index in [1.165, 1.54) is 23.8 Å². The zero-order chi connectivity index (χ0) is 19.8. The van der Waals surface area contributed by atoms with Crippen LogP contribution in [0.25, 0.3) is 11.3 Å². The lowest BCUT2D eigenvalue weighted by Crippen LogP contribution is -2.16. The lowest BCUT2D eigenvalue weighted by atomic mass is 10.1. The van der Waals surface area contributed by atoms with Crippen molar-refractivity contribution in [3.05, 3.63) is 41.3 Å². The Morgan fingerprint density at radius 2 is 1.78 bits per heavy atom. The summed E-state index contributed by atoms with van der Waals surface area (Å²) in [5.41, 5.74) is 3.72. The molecule has 142 valence electrons. The Balaban J connectivity index is 1.67. The number of hydrogen-bond donors (Lipinski definition) is 2. The molecule has 5 nitrogen and oxygen atoms in total. The molecular formula is C21H25N3O2S. The summed E-state index contributed by atoms with van der Waals surface area (Å²) in [5.74, 6) is 0.195. The highest BCUT2D eigenvalue weighted by Crippen LogP contribution is 2.59. The average molecular weight is 384 g/mol. The number of amides is 2. The van der Waals surface area contributed by atoms with Crippen LogP contribution in [0.2, 0.25) is 0 Å². The Labute approximate surface area is 163 Å². The number of rotatable bonds is 5. The number of carbonyl (C=O) groups is 2. The molecule has 2 atom stereocenters. The molecule has 1 aromatic carbocycles. The molecule has 2 aromatic rings. The van der Waals surface area contributed by atoms with Crippen LogP contribution in [0.3, 0.4) is 0 Å². The Morgan fingerprint density at radius 3 is 2.37 bits per heavy atom. The van der Waals surface area contributed by atoms with Gasteiger partial charge < -0.3 is 10.6 Å². The quantitative estimate of drug-likeness (QED) is 0.718. The van der Waals surface area contributed by atoms with Crippen molar-refractivity contribution >= 4 is 34.0 Å². The Kier molecular flexibility index (Phi) is 5.20. The Bertz CT molecular complexity index is 892. The van der Waals surface area contributed by atoms with Gasteiger partial charge >= 0.3 is 0 Å². The summed E-state index contributed by atoms with van der Waals surface area (Å²) >= 11 is 1.42. The van der Waals surface area contributed by atoms with Gasteiger partial charge in [-0.15, -0.1) is 11.3 Å². The molecule has 0 bridgehead atoms. The highest BCUT2D eigenvalue weighted by atomic mass is 32.1. The maximum Gasteiger partial charge on any atom is 0.230 e. The van der Waals surface area contributed by atoms with E-state index in [-0.39, 0.29) is 29.1 Å². The van der Waals surface area contributed by atoms with Gasteiger partial charge in [0.2, 0.25) is 11.8 Å². The Hall–Kier alpha value is -2.47. The van der Waals surface area contributed by atoms with E-state index in [0.717, 1.165) is 16.9 Å². The van der Waals surface area contributed by atoms with Crippen molar-refractivity contribution in [1.82, 2.24) is 4.98 Å². The van der Waals surface area contributed by atoms with E-state index in [4.69, 9.17) is 0 Å². The molecule has 6 heteroatoms. The molecule has 0 unspecified atom stereocenters. The van der Waals surface area contributed by atoms with Gasteiger partial charge in [0.1, 0.15) is 0 Å². The first-order valence-corrected chi connectivity index (χ1v) is 9.86. The minimum atomic E-state index is -0.101. The molecule has 0 aliphatic heterocycles. The van der Waals surface area contributed by atoms with Crippen molar-refractivity contribution in [2.24, 2.45) is 17.3 Å². The first-order valence-electron chi connectivity index (χ1n) is 8.98. The second kappa shape index (κ2) is 7.27. The predicted octanol–water partition coefficient (Wildman–Crippen LogP) is 4.95. The van der Waals surface area contributed by atoms with Gasteiger partial charge in [0.25, 0.3) is 0 Å². The van der Waals surface area contributed by atoms with Crippen LogP contribution in [0.15, 0.2) is 41.3 Å². The maximum atomic E-state index is 12.7. The second-order valence-electron chi connectivity index (χ2n) is 7.85. The van der Waals surface area contributed by atoms with Crippen molar-refractivity contribution in [2.45, 2.75) is 34.6 Å². The molecule has 1 aliphatic rings. The van der Waals surface area contributed by atoms with Gasteiger partial charge in [0.05, 0.1) is 11.6 Å². The zero-order valence-electron chi connectivity index (χ0n) is 16.3. The highest BCUT2D eigenvalue weighted by Gasteiger charge is 2.60. The van der Waals surface area contributed by atoms with Gasteiger partial charge in [-0.25, -0.2) is 4.98 Å². The number of thiazole rings is 1. The fourth-order valence-electron chi connectivity index (χ4n) is 3.42. The second-order valence-corrected chi connectivity index (χ2v) is 8.71. The smallest absolute Gasteiger partial charge is 0.230 e. The topological polar surface area (TPSA) is 71.1 Å². The molecule has 1 aromatic heterocycles. The van der Waals surface area contributed by atoms with E-state index in [9.17, 15) is 9.59 Å². The van der Waals surface area contributed by atoms with E-state index in [1.54, 1.807) is 0 Å². The van der Waals surface area contributed by atoms with Gasteiger partial charge in [-0.1, -0.05) is 37.6 Å². The molecule has 1 heterocycles. The van der Waals surface area contributed by atoms with E-state index in [0.29, 0.717) is 5.13 Å². The summed E-state index contributed by atoms with van der Waals surface area (Å²) in [6, 6.07) is 7.48. The average Bonchev–Trinajstić information content (AvgIpc) is 2.91. The molecule has 3 rings (SSSR count). The van der Waals surface area contributed by atoms with Gasteiger partial charge in [-0.3, -0.25) is 9.59 Å². The summed E-state index contributed by atoms with van der Waals surface area (Å²) in [6.45, 7) is 9.87. The van der Waals surface area contributed by atoms with Crippen LogP contribution in [0.1, 0.15) is 34.6 Å². The minimum Gasteiger partial charge on any atom is -0.326 e. The first kappa shape index (κ1) is 19.3.